The molecule has 0 aliphatic carbocycles. The molecule has 2 aromatic carbocycles. The fraction of sp³-hybridized carbons (Fsp3) is 0.227. The third kappa shape index (κ3) is 4.12. The Hall–Kier alpha value is -3.81. The van der Waals surface area contributed by atoms with Crippen LogP contribution in [0.15, 0.2) is 51.7 Å². The van der Waals surface area contributed by atoms with Crippen LogP contribution >= 0.6 is 0 Å². The number of amides is 1. The van der Waals surface area contributed by atoms with Crippen molar-refractivity contribution >= 4 is 22.8 Å². The number of carbonyl (C=O) groups is 2. The number of hydrogen-bond acceptors (Lipinski definition) is 6. The summed E-state index contributed by atoms with van der Waals surface area (Å²) in [7, 11) is 2.96. The number of benzene rings is 2. The van der Waals surface area contributed by atoms with Gasteiger partial charge < -0.3 is 24.3 Å². The lowest BCUT2D eigenvalue weighted by Crippen LogP contribution is -2.35. The second kappa shape index (κ2) is 8.69. The molecule has 0 bridgehead atoms. The van der Waals surface area contributed by atoms with Gasteiger partial charge in [0.25, 0.3) is 0 Å². The van der Waals surface area contributed by atoms with E-state index in [1.807, 2.05) is 0 Å². The zero-order valence-corrected chi connectivity index (χ0v) is 16.7. The van der Waals surface area contributed by atoms with E-state index in [9.17, 15) is 19.5 Å². The molecule has 8 nitrogen and oxygen atoms in total. The molecule has 0 saturated heterocycles. The Morgan fingerprint density at radius 2 is 1.83 bits per heavy atom. The average Bonchev–Trinajstić information content (AvgIpc) is 2.74. The predicted octanol–water partition coefficient (Wildman–Crippen LogP) is 2.60. The molecule has 30 heavy (non-hydrogen) atoms. The number of methoxy groups -OCH3 is 2. The first-order chi connectivity index (χ1) is 14.3. The Balaban J connectivity index is 1.96. The molecule has 3 aromatic rings. The van der Waals surface area contributed by atoms with Crippen LogP contribution in [0.3, 0.4) is 0 Å². The first-order valence-corrected chi connectivity index (χ1v) is 9.11. The van der Waals surface area contributed by atoms with Gasteiger partial charge in [0.15, 0.2) is 6.04 Å². The normalized spacial score (nSPS) is 11.7. The molecule has 2 N–H and O–H groups in total. The quantitative estimate of drug-likeness (QED) is 0.574. The Labute approximate surface area is 172 Å². The van der Waals surface area contributed by atoms with Gasteiger partial charge >= 0.3 is 11.6 Å². The van der Waals surface area contributed by atoms with Gasteiger partial charge in [-0.2, -0.15) is 0 Å². The second-order valence-corrected chi connectivity index (χ2v) is 6.62. The van der Waals surface area contributed by atoms with Crippen LogP contribution in [0.2, 0.25) is 0 Å². The maximum absolute atomic E-state index is 12.6. The third-order valence-corrected chi connectivity index (χ3v) is 4.79. The van der Waals surface area contributed by atoms with Crippen LogP contribution in [0.25, 0.3) is 11.0 Å². The molecule has 0 spiro atoms. The number of fused-ring (bicyclic) bond motifs is 1. The average molecular weight is 411 g/mol. The molecule has 1 atom stereocenters. The van der Waals surface area contributed by atoms with Gasteiger partial charge in [-0.15, -0.1) is 0 Å². The number of aliphatic carboxylic acids is 1. The van der Waals surface area contributed by atoms with Crippen molar-refractivity contribution in [2.45, 2.75) is 19.4 Å². The van der Waals surface area contributed by atoms with Crippen molar-refractivity contribution in [2.75, 3.05) is 14.2 Å². The number of rotatable bonds is 7. The minimum atomic E-state index is -1.23. The summed E-state index contributed by atoms with van der Waals surface area (Å²) in [5.74, 6) is -0.932. The van der Waals surface area contributed by atoms with Crippen molar-refractivity contribution in [2.24, 2.45) is 0 Å². The van der Waals surface area contributed by atoms with Gasteiger partial charge in [-0.1, -0.05) is 30.3 Å². The van der Waals surface area contributed by atoms with E-state index in [0.717, 1.165) is 0 Å². The van der Waals surface area contributed by atoms with Gasteiger partial charge in [0, 0.05) is 12.1 Å². The summed E-state index contributed by atoms with van der Waals surface area (Å²) in [5, 5.41) is 12.5. The van der Waals surface area contributed by atoms with Crippen LogP contribution in [-0.4, -0.2) is 31.2 Å². The van der Waals surface area contributed by atoms with Crippen LogP contribution in [-0.2, 0) is 16.0 Å². The molecule has 0 saturated carbocycles. The molecule has 1 aromatic heterocycles. The van der Waals surface area contributed by atoms with Gasteiger partial charge in [-0.05, 0) is 18.1 Å². The van der Waals surface area contributed by atoms with Gasteiger partial charge in [0.2, 0.25) is 5.91 Å². The van der Waals surface area contributed by atoms with Crippen LogP contribution < -0.4 is 20.4 Å². The molecule has 8 heteroatoms. The van der Waals surface area contributed by atoms with Crippen molar-refractivity contribution in [3.05, 3.63) is 69.6 Å². The highest BCUT2D eigenvalue weighted by molar-refractivity contribution is 5.91. The largest absolute Gasteiger partial charge is 0.496 e. The highest BCUT2D eigenvalue weighted by atomic mass is 16.5. The van der Waals surface area contributed by atoms with Crippen molar-refractivity contribution in [3.8, 4) is 11.5 Å². The van der Waals surface area contributed by atoms with E-state index in [4.69, 9.17) is 13.9 Å². The van der Waals surface area contributed by atoms with Crippen LogP contribution in [0.4, 0.5) is 0 Å². The summed E-state index contributed by atoms with van der Waals surface area (Å²) >= 11 is 0. The van der Waals surface area contributed by atoms with E-state index in [2.05, 4.69) is 5.32 Å². The topological polar surface area (TPSA) is 115 Å². The van der Waals surface area contributed by atoms with E-state index in [-0.39, 0.29) is 17.6 Å². The molecule has 0 fully saturated rings. The maximum Gasteiger partial charge on any atom is 0.340 e. The Morgan fingerprint density at radius 3 is 2.43 bits per heavy atom. The zero-order chi connectivity index (χ0) is 21.8. The highest BCUT2D eigenvalue weighted by Gasteiger charge is 2.24. The van der Waals surface area contributed by atoms with Gasteiger partial charge in [-0.25, -0.2) is 9.59 Å². The van der Waals surface area contributed by atoms with E-state index in [0.29, 0.717) is 28.0 Å². The number of carboxylic acid groups (broad SMARTS) is 1. The van der Waals surface area contributed by atoms with E-state index < -0.39 is 23.5 Å². The number of nitrogens with one attached hydrogen (secondary N) is 1. The molecule has 1 unspecified atom stereocenters. The maximum atomic E-state index is 12.6. The summed E-state index contributed by atoms with van der Waals surface area (Å²) < 4.78 is 16.0. The Kier molecular flexibility index (Phi) is 6.06. The standard InChI is InChI=1S/C22H21NO7/c1-12-15(11-18(24)23-20(21(25)26)13-7-5-4-6-8-13)22(27)30-17-10-14(28-2)9-16(29-3)19(12)17/h4-10,20H,11H2,1-3H3,(H,23,24)(H,25,26). The third-order valence-electron chi connectivity index (χ3n) is 4.79. The lowest BCUT2D eigenvalue weighted by Gasteiger charge is -2.16. The summed E-state index contributed by atoms with van der Waals surface area (Å²) in [6.45, 7) is 1.68. The minimum Gasteiger partial charge on any atom is -0.496 e. The highest BCUT2D eigenvalue weighted by Crippen LogP contribution is 2.33. The van der Waals surface area contributed by atoms with Crippen molar-refractivity contribution in [1.82, 2.24) is 5.32 Å². The summed E-state index contributed by atoms with van der Waals surface area (Å²) in [6, 6.07) is 10.3. The Morgan fingerprint density at radius 1 is 1.13 bits per heavy atom. The van der Waals surface area contributed by atoms with Crippen LogP contribution in [0.5, 0.6) is 11.5 Å². The first kappa shape index (κ1) is 20.9. The summed E-state index contributed by atoms with van der Waals surface area (Å²) in [4.78, 5) is 36.7. The zero-order valence-electron chi connectivity index (χ0n) is 16.7. The van der Waals surface area contributed by atoms with Crippen molar-refractivity contribution < 1.29 is 28.6 Å². The molecular weight excluding hydrogens is 390 g/mol. The van der Waals surface area contributed by atoms with Gasteiger partial charge in [0.1, 0.15) is 17.1 Å². The molecule has 3 rings (SSSR count). The smallest absolute Gasteiger partial charge is 0.340 e. The lowest BCUT2D eigenvalue weighted by atomic mass is 10.0. The Bertz CT molecular complexity index is 1150. The molecule has 0 aliphatic rings. The van der Waals surface area contributed by atoms with Crippen LogP contribution in [0.1, 0.15) is 22.7 Å². The van der Waals surface area contributed by atoms with Crippen LogP contribution in [0, 0.1) is 6.92 Å². The number of carbonyl (C=O) groups excluding carboxylic acids is 1. The lowest BCUT2D eigenvalue weighted by molar-refractivity contribution is -0.142. The monoisotopic (exact) mass is 411 g/mol. The molecule has 156 valence electrons. The second-order valence-electron chi connectivity index (χ2n) is 6.62. The van der Waals surface area contributed by atoms with E-state index in [1.54, 1.807) is 49.4 Å². The molecule has 0 radical (unpaired) electrons. The molecule has 1 amide bonds. The number of aryl methyl sites for hydroxylation is 1. The molecule has 1 heterocycles. The molecule has 0 aliphatic heterocycles. The number of ether oxygens (including phenoxy) is 2. The number of carboxylic acids is 1. The van der Waals surface area contributed by atoms with Crippen molar-refractivity contribution in [3.63, 3.8) is 0 Å². The van der Waals surface area contributed by atoms with E-state index in [1.165, 1.54) is 14.2 Å². The summed E-state index contributed by atoms with van der Waals surface area (Å²) in [5.41, 5.74) is 0.653. The van der Waals surface area contributed by atoms with Gasteiger partial charge in [0.05, 0.1) is 31.6 Å². The predicted molar refractivity (Wildman–Crippen MR) is 109 cm³/mol. The van der Waals surface area contributed by atoms with Gasteiger partial charge in [-0.3, -0.25) is 4.79 Å². The fourth-order valence-electron chi connectivity index (χ4n) is 3.27. The fourth-order valence-corrected chi connectivity index (χ4v) is 3.27. The number of hydrogen-bond donors (Lipinski definition) is 2. The summed E-state index contributed by atoms with van der Waals surface area (Å²) in [6.07, 6.45) is -0.337. The van der Waals surface area contributed by atoms with Crippen molar-refractivity contribution in [1.29, 1.82) is 0 Å². The SMILES string of the molecule is COc1cc(OC)c2c(C)c(CC(=O)NC(C(=O)O)c3ccccc3)c(=O)oc2c1. The minimum absolute atomic E-state index is 0.126. The van der Waals surface area contributed by atoms with E-state index >= 15 is 0 Å². The molecular formula is C22H21NO7. The first-order valence-electron chi connectivity index (χ1n) is 9.11.